The lowest BCUT2D eigenvalue weighted by Gasteiger charge is -2.16. The number of ether oxygens (including phenoxy) is 1. The highest BCUT2D eigenvalue weighted by Crippen LogP contribution is 2.16. The number of nitrogens with one attached hydrogen (secondary N) is 1. The van der Waals surface area contributed by atoms with Crippen LogP contribution in [0.15, 0.2) is 23.0 Å². The van der Waals surface area contributed by atoms with Gasteiger partial charge < -0.3 is 10.1 Å². The van der Waals surface area contributed by atoms with E-state index in [1.807, 2.05) is 0 Å². The van der Waals surface area contributed by atoms with Gasteiger partial charge in [0.25, 0.3) is 11.5 Å². The van der Waals surface area contributed by atoms with Gasteiger partial charge in [0.15, 0.2) is 0 Å². The summed E-state index contributed by atoms with van der Waals surface area (Å²) in [5.74, 6) is -0.141. The quantitative estimate of drug-likeness (QED) is 0.846. The Labute approximate surface area is 151 Å². The molecule has 1 N–H and O–H groups in total. The van der Waals surface area contributed by atoms with Crippen LogP contribution < -0.4 is 10.9 Å². The molecule has 3 rings (SSSR count). The van der Waals surface area contributed by atoms with Crippen LogP contribution in [0, 0.1) is 0 Å². The molecule has 0 saturated carbocycles. The number of nitrogens with zero attached hydrogens (tertiary/aromatic N) is 2. The van der Waals surface area contributed by atoms with Crippen LogP contribution in [0.25, 0.3) is 10.9 Å². The molecule has 0 aliphatic carbocycles. The van der Waals surface area contributed by atoms with Crippen molar-refractivity contribution in [2.75, 3.05) is 7.11 Å². The van der Waals surface area contributed by atoms with Crippen molar-refractivity contribution < 1.29 is 14.3 Å². The number of fused-ring (bicyclic) bond motifs is 2. The molecule has 0 unspecified atom stereocenters. The second-order valence-corrected chi connectivity index (χ2v) is 6.60. The smallest absolute Gasteiger partial charge is 0.328 e. The number of aromatic nitrogens is 2. The number of esters is 1. The van der Waals surface area contributed by atoms with Crippen molar-refractivity contribution >= 4 is 22.8 Å². The van der Waals surface area contributed by atoms with Crippen molar-refractivity contribution in [3.05, 3.63) is 39.9 Å². The molecule has 0 saturated heterocycles. The van der Waals surface area contributed by atoms with Crippen LogP contribution in [-0.2, 0) is 22.5 Å². The predicted molar refractivity (Wildman–Crippen MR) is 97.1 cm³/mol. The molecule has 0 spiro atoms. The van der Waals surface area contributed by atoms with E-state index in [4.69, 9.17) is 0 Å². The molecular formula is C19H23N3O4. The number of amides is 1. The van der Waals surface area contributed by atoms with Crippen LogP contribution in [0.4, 0.5) is 0 Å². The number of carbonyl (C=O) groups is 2. The second kappa shape index (κ2) is 7.68. The summed E-state index contributed by atoms with van der Waals surface area (Å²) in [6.07, 6.45) is 5.02. The summed E-state index contributed by atoms with van der Waals surface area (Å²) < 4.78 is 6.37. The van der Waals surface area contributed by atoms with E-state index in [9.17, 15) is 14.4 Å². The lowest BCUT2D eigenvalue weighted by Crippen LogP contribution is -2.39. The van der Waals surface area contributed by atoms with Crippen LogP contribution in [0.2, 0.25) is 0 Å². The van der Waals surface area contributed by atoms with Gasteiger partial charge >= 0.3 is 5.97 Å². The van der Waals surface area contributed by atoms with Gasteiger partial charge in [-0.3, -0.25) is 14.2 Å². The molecule has 26 heavy (non-hydrogen) atoms. The first kappa shape index (κ1) is 18.1. The van der Waals surface area contributed by atoms with Gasteiger partial charge in [0.2, 0.25) is 0 Å². The molecule has 0 radical (unpaired) electrons. The summed E-state index contributed by atoms with van der Waals surface area (Å²) in [5.41, 5.74) is 0.818. The monoisotopic (exact) mass is 357 g/mol. The molecule has 1 amide bonds. The molecule has 1 aliphatic heterocycles. The van der Waals surface area contributed by atoms with Gasteiger partial charge in [-0.2, -0.15) is 0 Å². The van der Waals surface area contributed by atoms with Crippen molar-refractivity contribution in [2.45, 2.75) is 51.6 Å². The van der Waals surface area contributed by atoms with E-state index in [-0.39, 0.29) is 5.56 Å². The zero-order valence-corrected chi connectivity index (χ0v) is 15.1. The topological polar surface area (TPSA) is 90.3 Å². The number of aryl methyl sites for hydroxylation is 1. The van der Waals surface area contributed by atoms with Crippen molar-refractivity contribution in [3.8, 4) is 0 Å². The minimum Gasteiger partial charge on any atom is -0.467 e. The summed E-state index contributed by atoms with van der Waals surface area (Å²) in [7, 11) is 1.27. The third-order valence-electron chi connectivity index (χ3n) is 4.73. The second-order valence-electron chi connectivity index (χ2n) is 6.60. The highest BCUT2D eigenvalue weighted by Gasteiger charge is 2.18. The first-order valence-corrected chi connectivity index (χ1v) is 8.93. The van der Waals surface area contributed by atoms with E-state index in [1.54, 1.807) is 29.7 Å². The number of hydrogen-bond donors (Lipinski definition) is 1. The van der Waals surface area contributed by atoms with Crippen LogP contribution in [0.1, 0.15) is 48.8 Å². The highest BCUT2D eigenvalue weighted by atomic mass is 16.5. The van der Waals surface area contributed by atoms with E-state index < -0.39 is 17.9 Å². The standard InChI is InChI=1S/C19H23N3O4/c1-12(19(25)26-2)20-17(23)13-8-9-14-15(11-13)21-16-7-5-3-4-6-10-22(16)18(14)24/h8-9,11-12H,3-7,10H2,1-2H3,(H,20,23)/t12-/m0/s1. The fraction of sp³-hybridized carbons (Fsp3) is 0.474. The van der Waals surface area contributed by atoms with Gasteiger partial charge in [-0.1, -0.05) is 12.8 Å². The predicted octanol–water partition coefficient (Wildman–Crippen LogP) is 1.80. The van der Waals surface area contributed by atoms with Crippen molar-refractivity contribution in [3.63, 3.8) is 0 Å². The fourth-order valence-electron chi connectivity index (χ4n) is 3.25. The Balaban J connectivity index is 1.95. The van der Waals surface area contributed by atoms with Crippen molar-refractivity contribution in [2.24, 2.45) is 0 Å². The van der Waals surface area contributed by atoms with Crippen LogP contribution in [0.3, 0.4) is 0 Å². The maximum atomic E-state index is 12.8. The normalized spacial score (nSPS) is 15.5. The average Bonchev–Trinajstić information content (AvgIpc) is 2.62. The zero-order chi connectivity index (χ0) is 18.7. The number of hydrogen-bond acceptors (Lipinski definition) is 5. The molecule has 1 aliphatic rings. The minimum absolute atomic E-state index is 0.0539. The van der Waals surface area contributed by atoms with E-state index in [0.29, 0.717) is 23.0 Å². The average molecular weight is 357 g/mol. The SMILES string of the molecule is COC(=O)[C@H](C)NC(=O)c1ccc2c(=O)n3c(nc2c1)CCCCCC3. The van der Waals surface area contributed by atoms with Crippen LogP contribution in [0.5, 0.6) is 0 Å². The summed E-state index contributed by atoms with van der Waals surface area (Å²) in [6.45, 7) is 2.24. The van der Waals surface area contributed by atoms with E-state index >= 15 is 0 Å². The Hall–Kier alpha value is -2.70. The summed E-state index contributed by atoms with van der Waals surface area (Å²) >= 11 is 0. The summed E-state index contributed by atoms with van der Waals surface area (Å²) in [6, 6.07) is 4.07. The molecule has 7 heteroatoms. The Morgan fingerprint density at radius 3 is 2.77 bits per heavy atom. The lowest BCUT2D eigenvalue weighted by atomic mass is 10.1. The Morgan fingerprint density at radius 1 is 1.23 bits per heavy atom. The molecule has 1 aromatic carbocycles. The Bertz CT molecular complexity index is 904. The van der Waals surface area contributed by atoms with Gasteiger partial charge in [-0.25, -0.2) is 9.78 Å². The number of rotatable bonds is 3. The molecular weight excluding hydrogens is 334 g/mol. The minimum atomic E-state index is -0.752. The molecule has 2 heterocycles. The molecule has 0 fully saturated rings. The van der Waals surface area contributed by atoms with Gasteiger partial charge in [-0.05, 0) is 38.0 Å². The van der Waals surface area contributed by atoms with E-state index in [2.05, 4.69) is 15.0 Å². The molecule has 138 valence electrons. The van der Waals surface area contributed by atoms with Crippen LogP contribution >= 0.6 is 0 Å². The first-order chi connectivity index (χ1) is 12.5. The molecule has 2 aromatic rings. The fourth-order valence-corrected chi connectivity index (χ4v) is 3.25. The Kier molecular flexibility index (Phi) is 5.35. The van der Waals surface area contributed by atoms with E-state index in [1.165, 1.54) is 7.11 Å². The van der Waals surface area contributed by atoms with Crippen molar-refractivity contribution in [1.82, 2.24) is 14.9 Å². The number of methoxy groups -OCH3 is 1. The third kappa shape index (κ3) is 3.61. The number of carbonyl (C=O) groups excluding carboxylic acids is 2. The van der Waals surface area contributed by atoms with Crippen molar-refractivity contribution in [1.29, 1.82) is 0 Å². The zero-order valence-electron chi connectivity index (χ0n) is 15.1. The lowest BCUT2D eigenvalue weighted by molar-refractivity contribution is -0.142. The maximum Gasteiger partial charge on any atom is 0.328 e. The summed E-state index contributed by atoms with van der Waals surface area (Å²) in [5, 5.41) is 3.09. The van der Waals surface area contributed by atoms with Gasteiger partial charge in [0.05, 0.1) is 18.0 Å². The van der Waals surface area contributed by atoms with E-state index in [0.717, 1.165) is 37.9 Å². The number of benzene rings is 1. The van der Waals surface area contributed by atoms with Gasteiger partial charge in [0, 0.05) is 18.5 Å². The maximum absolute atomic E-state index is 12.8. The largest absolute Gasteiger partial charge is 0.467 e. The first-order valence-electron chi connectivity index (χ1n) is 8.93. The third-order valence-corrected chi connectivity index (χ3v) is 4.73. The molecule has 1 aromatic heterocycles. The molecule has 0 bridgehead atoms. The Morgan fingerprint density at radius 2 is 2.00 bits per heavy atom. The highest BCUT2D eigenvalue weighted by molar-refractivity contribution is 5.99. The van der Waals surface area contributed by atoms with Gasteiger partial charge in [-0.15, -0.1) is 0 Å². The summed E-state index contributed by atoms with van der Waals surface area (Å²) in [4.78, 5) is 41.3. The van der Waals surface area contributed by atoms with Crippen LogP contribution in [-0.4, -0.2) is 34.6 Å². The van der Waals surface area contributed by atoms with Gasteiger partial charge in [0.1, 0.15) is 11.9 Å². The molecule has 7 nitrogen and oxygen atoms in total. The molecule has 1 atom stereocenters.